The molecule has 0 aliphatic carbocycles. The van der Waals surface area contributed by atoms with Gasteiger partial charge in [0.05, 0.1) is 12.1 Å². The summed E-state index contributed by atoms with van der Waals surface area (Å²) in [6.45, 7) is 2.55. The zero-order valence-corrected chi connectivity index (χ0v) is 20.6. The second kappa shape index (κ2) is 12.9. The van der Waals surface area contributed by atoms with E-state index in [1.54, 1.807) is 17.7 Å². The first-order chi connectivity index (χ1) is 17.2. The number of benzene rings is 2. The lowest BCUT2D eigenvalue weighted by Crippen LogP contribution is -2.16. The fourth-order valence-corrected chi connectivity index (χ4v) is 4.36. The van der Waals surface area contributed by atoms with Crippen LogP contribution in [0, 0.1) is 0 Å². The zero-order chi connectivity index (χ0) is 24.3. The summed E-state index contributed by atoms with van der Waals surface area (Å²) < 4.78 is 7.59. The minimum absolute atomic E-state index is 0.00240. The third-order valence-corrected chi connectivity index (χ3v) is 6.38. The third kappa shape index (κ3) is 7.27. The quantitative estimate of drug-likeness (QED) is 0.265. The van der Waals surface area contributed by atoms with E-state index < -0.39 is 0 Å². The van der Waals surface area contributed by atoms with E-state index in [0.717, 1.165) is 68.3 Å². The molecule has 1 N–H and O–H groups in total. The van der Waals surface area contributed by atoms with Crippen LogP contribution in [0.15, 0.2) is 83.8 Å². The molecule has 0 atom stereocenters. The summed E-state index contributed by atoms with van der Waals surface area (Å²) in [7, 11) is 1.79. The molecule has 0 bridgehead atoms. The average molecular weight is 470 g/mol. The molecule has 0 radical (unpaired) electrons. The number of pyridine rings is 2. The zero-order valence-electron chi connectivity index (χ0n) is 20.6. The Morgan fingerprint density at radius 1 is 0.886 bits per heavy atom. The van der Waals surface area contributed by atoms with Gasteiger partial charge in [-0.15, -0.1) is 0 Å². The molecule has 0 aliphatic rings. The first-order valence-electron chi connectivity index (χ1n) is 12.6. The SMILES string of the molecule is Cn1c(=O)ccc2cc(OCCCCCNCc3cccnc3CCCc3ccccc3)ccc21. The Hall–Kier alpha value is -3.44. The number of nitrogens with one attached hydrogen (secondary N) is 1. The van der Waals surface area contributed by atoms with E-state index in [-0.39, 0.29) is 5.56 Å². The van der Waals surface area contributed by atoms with Gasteiger partial charge in [-0.3, -0.25) is 9.78 Å². The predicted octanol–water partition coefficient (Wildman–Crippen LogP) is 5.45. The second-order valence-electron chi connectivity index (χ2n) is 8.99. The fraction of sp³-hybridized carbons (Fsp3) is 0.333. The van der Waals surface area contributed by atoms with Crippen LogP contribution in [0.3, 0.4) is 0 Å². The number of hydrogen-bond acceptors (Lipinski definition) is 4. The maximum Gasteiger partial charge on any atom is 0.250 e. The second-order valence-corrected chi connectivity index (χ2v) is 8.99. The van der Waals surface area contributed by atoms with Crippen LogP contribution in [0.2, 0.25) is 0 Å². The highest BCUT2D eigenvalue weighted by Gasteiger charge is 2.04. The molecule has 0 saturated carbocycles. The highest BCUT2D eigenvalue weighted by Crippen LogP contribution is 2.19. The van der Waals surface area contributed by atoms with Gasteiger partial charge in [-0.2, -0.15) is 0 Å². The first kappa shape index (κ1) is 24.7. The van der Waals surface area contributed by atoms with Crippen molar-refractivity contribution in [2.45, 2.75) is 45.1 Å². The molecule has 0 unspecified atom stereocenters. The van der Waals surface area contributed by atoms with Gasteiger partial charge >= 0.3 is 0 Å². The fourth-order valence-electron chi connectivity index (χ4n) is 4.36. The van der Waals surface area contributed by atoms with Crippen LogP contribution >= 0.6 is 0 Å². The monoisotopic (exact) mass is 469 g/mol. The van der Waals surface area contributed by atoms with Gasteiger partial charge in [-0.1, -0.05) is 36.4 Å². The maximum atomic E-state index is 11.7. The number of rotatable bonds is 13. The van der Waals surface area contributed by atoms with Gasteiger partial charge in [-0.25, -0.2) is 0 Å². The summed E-state index contributed by atoms with van der Waals surface area (Å²) >= 11 is 0. The molecule has 182 valence electrons. The number of fused-ring (bicyclic) bond motifs is 1. The standard InChI is InChI=1S/C30H35N3O2/c1-33-29-17-16-27(22-25(29)15-18-30(33)34)35-21-7-3-6-19-31-23-26-13-9-20-32-28(26)14-8-12-24-10-4-2-5-11-24/h2,4-5,9-11,13,15-18,20,22,31H,3,6-8,12,14,19,21,23H2,1H3. The topological polar surface area (TPSA) is 56.1 Å². The van der Waals surface area contributed by atoms with Crippen LogP contribution in [0.4, 0.5) is 0 Å². The molecule has 5 heteroatoms. The van der Waals surface area contributed by atoms with Gasteiger partial charge in [0.1, 0.15) is 5.75 Å². The van der Waals surface area contributed by atoms with E-state index >= 15 is 0 Å². The van der Waals surface area contributed by atoms with Crippen LogP contribution in [-0.2, 0) is 26.4 Å². The van der Waals surface area contributed by atoms with Crippen molar-refractivity contribution >= 4 is 10.9 Å². The van der Waals surface area contributed by atoms with Crippen molar-refractivity contribution in [1.29, 1.82) is 0 Å². The number of unbranched alkanes of at least 4 members (excludes halogenated alkanes) is 2. The van der Waals surface area contributed by atoms with Crippen molar-refractivity contribution in [3.63, 3.8) is 0 Å². The lowest BCUT2D eigenvalue weighted by atomic mass is 10.0. The van der Waals surface area contributed by atoms with E-state index in [2.05, 4.69) is 46.7 Å². The average Bonchev–Trinajstić information content (AvgIpc) is 2.89. The van der Waals surface area contributed by atoms with Crippen molar-refractivity contribution in [2.75, 3.05) is 13.2 Å². The minimum Gasteiger partial charge on any atom is -0.494 e. The third-order valence-electron chi connectivity index (χ3n) is 6.38. The molecule has 0 amide bonds. The molecular formula is C30H35N3O2. The van der Waals surface area contributed by atoms with E-state index in [9.17, 15) is 4.79 Å². The molecule has 4 rings (SSSR count). The highest BCUT2D eigenvalue weighted by atomic mass is 16.5. The van der Waals surface area contributed by atoms with Gasteiger partial charge in [0.15, 0.2) is 0 Å². The summed E-state index contributed by atoms with van der Waals surface area (Å²) in [5.74, 6) is 0.852. The molecule has 5 nitrogen and oxygen atoms in total. The molecule has 0 aliphatic heterocycles. The van der Waals surface area contributed by atoms with Crippen molar-refractivity contribution in [2.24, 2.45) is 7.05 Å². The van der Waals surface area contributed by atoms with Crippen LogP contribution in [-0.4, -0.2) is 22.7 Å². The molecular weight excluding hydrogens is 434 g/mol. The molecule has 0 fully saturated rings. The number of ether oxygens (including phenoxy) is 1. The van der Waals surface area contributed by atoms with E-state index in [4.69, 9.17) is 4.74 Å². The summed E-state index contributed by atoms with van der Waals surface area (Å²) in [5.41, 5.74) is 4.82. The summed E-state index contributed by atoms with van der Waals surface area (Å²) in [6.07, 6.45) is 8.37. The lowest BCUT2D eigenvalue weighted by Gasteiger charge is -2.11. The molecule has 2 heterocycles. The Balaban J connectivity index is 1.12. The van der Waals surface area contributed by atoms with Gasteiger partial charge in [0, 0.05) is 36.9 Å². The van der Waals surface area contributed by atoms with Gasteiger partial charge in [0.25, 0.3) is 5.56 Å². The Bertz CT molecular complexity index is 1270. The number of nitrogens with zero attached hydrogens (tertiary/aromatic N) is 2. The number of aryl methyl sites for hydroxylation is 3. The van der Waals surface area contributed by atoms with Crippen LogP contribution in [0.25, 0.3) is 10.9 Å². The van der Waals surface area contributed by atoms with Crippen LogP contribution < -0.4 is 15.6 Å². The summed E-state index contributed by atoms with van der Waals surface area (Å²) in [4.78, 5) is 16.4. The van der Waals surface area contributed by atoms with Gasteiger partial charge in [-0.05, 0) is 86.5 Å². The smallest absolute Gasteiger partial charge is 0.250 e. The van der Waals surface area contributed by atoms with Crippen LogP contribution in [0.1, 0.15) is 42.5 Å². The Morgan fingerprint density at radius 3 is 2.66 bits per heavy atom. The molecule has 0 spiro atoms. The van der Waals surface area contributed by atoms with Crippen molar-refractivity contribution in [3.8, 4) is 5.75 Å². The molecule has 2 aromatic heterocycles. The van der Waals surface area contributed by atoms with Crippen LogP contribution in [0.5, 0.6) is 5.75 Å². The Labute approximate surface area is 207 Å². The largest absolute Gasteiger partial charge is 0.494 e. The van der Waals surface area contributed by atoms with E-state index in [0.29, 0.717) is 6.61 Å². The number of aromatic nitrogens is 2. The van der Waals surface area contributed by atoms with Crippen molar-refractivity contribution < 1.29 is 4.74 Å². The van der Waals surface area contributed by atoms with Gasteiger partial charge < -0.3 is 14.6 Å². The number of hydrogen-bond donors (Lipinski definition) is 1. The lowest BCUT2D eigenvalue weighted by molar-refractivity contribution is 0.305. The first-order valence-corrected chi connectivity index (χ1v) is 12.6. The van der Waals surface area contributed by atoms with E-state index in [1.807, 2.05) is 36.5 Å². The predicted molar refractivity (Wildman–Crippen MR) is 143 cm³/mol. The Morgan fingerprint density at radius 2 is 1.77 bits per heavy atom. The molecule has 35 heavy (non-hydrogen) atoms. The Kier molecular flexibility index (Phi) is 9.07. The summed E-state index contributed by atoms with van der Waals surface area (Å²) in [5, 5.41) is 4.60. The van der Waals surface area contributed by atoms with Gasteiger partial charge in [0.2, 0.25) is 0 Å². The minimum atomic E-state index is 0.00240. The normalized spacial score (nSPS) is 11.1. The maximum absolute atomic E-state index is 11.7. The molecule has 2 aromatic carbocycles. The highest BCUT2D eigenvalue weighted by molar-refractivity contribution is 5.80. The molecule has 4 aromatic rings. The van der Waals surface area contributed by atoms with E-state index in [1.165, 1.54) is 16.8 Å². The van der Waals surface area contributed by atoms with Crippen molar-refractivity contribution in [3.05, 3.63) is 106 Å². The van der Waals surface area contributed by atoms with Crippen molar-refractivity contribution in [1.82, 2.24) is 14.9 Å². The summed E-state index contributed by atoms with van der Waals surface area (Å²) in [6, 6.07) is 24.2. The molecule has 0 saturated heterocycles.